The Morgan fingerprint density at radius 3 is 1.67 bits per heavy atom. The van der Waals surface area contributed by atoms with E-state index in [4.69, 9.17) is 10.2 Å². The molecule has 0 aliphatic carbocycles. The Bertz CT molecular complexity index is 119. The number of aliphatic hydroxyl groups excluding tert-OH is 1. The SMILES string of the molecule is CC(=O)CC(C)(C)O.CC(C)O. The number of hydrogen-bond acceptors (Lipinski definition) is 3. The van der Waals surface area contributed by atoms with Crippen LogP contribution in [0.5, 0.6) is 0 Å². The van der Waals surface area contributed by atoms with Crippen molar-refractivity contribution in [2.24, 2.45) is 0 Å². The zero-order valence-electron chi connectivity index (χ0n) is 8.59. The molecule has 3 heteroatoms. The molecule has 0 fully saturated rings. The Morgan fingerprint density at radius 1 is 1.42 bits per heavy atom. The number of aliphatic hydroxyl groups is 2. The van der Waals surface area contributed by atoms with Crippen LogP contribution in [0.4, 0.5) is 0 Å². The lowest BCUT2D eigenvalue weighted by molar-refractivity contribution is -0.120. The Hall–Kier alpha value is -0.410. The summed E-state index contributed by atoms with van der Waals surface area (Å²) < 4.78 is 0. The summed E-state index contributed by atoms with van der Waals surface area (Å²) in [6.45, 7) is 8.15. The molecule has 0 heterocycles. The summed E-state index contributed by atoms with van der Waals surface area (Å²) >= 11 is 0. The Balaban J connectivity index is 0. The van der Waals surface area contributed by atoms with Crippen molar-refractivity contribution in [3.8, 4) is 0 Å². The van der Waals surface area contributed by atoms with E-state index in [0.717, 1.165) is 0 Å². The second-order valence-corrected chi connectivity index (χ2v) is 3.78. The lowest BCUT2D eigenvalue weighted by Crippen LogP contribution is -2.21. The highest BCUT2D eigenvalue weighted by molar-refractivity contribution is 5.76. The smallest absolute Gasteiger partial charge is 0.132 e. The fraction of sp³-hybridized carbons (Fsp3) is 0.889. The molecule has 0 atom stereocenters. The third-order valence-electron chi connectivity index (χ3n) is 0.682. The van der Waals surface area contributed by atoms with E-state index in [2.05, 4.69) is 0 Å². The maximum absolute atomic E-state index is 10.3. The van der Waals surface area contributed by atoms with Gasteiger partial charge in [-0.2, -0.15) is 0 Å². The van der Waals surface area contributed by atoms with Gasteiger partial charge in [0.1, 0.15) is 5.78 Å². The highest BCUT2D eigenvalue weighted by atomic mass is 16.3. The molecule has 3 nitrogen and oxygen atoms in total. The molecule has 0 radical (unpaired) electrons. The van der Waals surface area contributed by atoms with Gasteiger partial charge in [-0.15, -0.1) is 0 Å². The van der Waals surface area contributed by atoms with Gasteiger partial charge in [-0.3, -0.25) is 4.79 Å². The minimum Gasteiger partial charge on any atom is -0.394 e. The molecular weight excluding hydrogens is 156 g/mol. The van der Waals surface area contributed by atoms with Crippen LogP contribution in [0.2, 0.25) is 0 Å². The van der Waals surface area contributed by atoms with Crippen molar-refractivity contribution in [1.82, 2.24) is 0 Å². The van der Waals surface area contributed by atoms with Crippen LogP contribution in [-0.4, -0.2) is 27.7 Å². The van der Waals surface area contributed by atoms with Crippen molar-refractivity contribution in [3.63, 3.8) is 0 Å². The first-order valence-electron chi connectivity index (χ1n) is 4.05. The van der Waals surface area contributed by atoms with Crippen LogP contribution < -0.4 is 0 Å². The van der Waals surface area contributed by atoms with E-state index in [0.29, 0.717) is 0 Å². The van der Waals surface area contributed by atoms with E-state index in [1.54, 1.807) is 27.7 Å². The van der Waals surface area contributed by atoms with E-state index in [-0.39, 0.29) is 18.3 Å². The van der Waals surface area contributed by atoms with Crippen LogP contribution in [0, 0.1) is 0 Å². The molecule has 0 aromatic rings. The fourth-order valence-electron chi connectivity index (χ4n) is 0.609. The van der Waals surface area contributed by atoms with E-state index >= 15 is 0 Å². The van der Waals surface area contributed by atoms with Crippen LogP contribution in [0.15, 0.2) is 0 Å². The molecular formula is C9H20O3. The Morgan fingerprint density at radius 2 is 1.67 bits per heavy atom. The number of carbonyl (C=O) groups excluding carboxylic acids is 1. The Kier molecular flexibility index (Phi) is 7.24. The molecule has 12 heavy (non-hydrogen) atoms. The summed E-state index contributed by atoms with van der Waals surface area (Å²) in [4.78, 5) is 10.3. The summed E-state index contributed by atoms with van der Waals surface area (Å²) in [5.74, 6) is 0.0255. The van der Waals surface area contributed by atoms with Crippen LogP contribution in [-0.2, 0) is 4.79 Å². The number of carbonyl (C=O) groups is 1. The zero-order chi connectivity index (χ0) is 10.4. The molecule has 0 aromatic carbocycles. The van der Waals surface area contributed by atoms with Gasteiger partial charge >= 0.3 is 0 Å². The first-order valence-corrected chi connectivity index (χ1v) is 4.05. The number of ketones is 1. The van der Waals surface area contributed by atoms with Gasteiger partial charge in [0, 0.05) is 12.5 Å². The van der Waals surface area contributed by atoms with Gasteiger partial charge in [0.25, 0.3) is 0 Å². The van der Waals surface area contributed by atoms with E-state index in [1.165, 1.54) is 6.92 Å². The summed E-state index contributed by atoms with van der Waals surface area (Å²) in [6, 6.07) is 0. The lowest BCUT2D eigenvalue weighted by atomic mass is 10.0. The molecule has 0 amide bonds. The van der Waals surface area contributed by atoms with E-state index in [1.807, 2.05) is 0 Å². The molecule has 0 rings (SSSR count). The summed E-state index contributed by atoms with van der Waals surface area (Å²) in [5, 5.41) is 17.0. The van der Waals surface area contributed by atoms with E-state index < -0.39 is 5.60 Å². The molecule has 0 unspecified atom stereocenters. The first-order chi connectivity index (χ1) is 5.15. The number of rotatable bonds is 2. The summed E-state index contributed by atoms with van der Waals surface area (Å²) in [5.41, 5.74) is -0.828. The molecule has 0 aromatic heterocycles. The molecule has 0 saturated carbocycles. The van der Waals surface area contributed by atoms with Crippen molar-refractivity contribution in [2.45, 2.75) is 52.7 Å². The normalized spacial score (nSPS) is 10.7. The second kappa shape index (κ2) is 6.14. The zero-order valence-corrected chi connectivity index (χ0v) is 8.59. The van der Waals surface area contributed by atoms with Crippen molar-refractivity contribution < 1.29 is 15.0 Å². The standard InChI is InChI=1S/C6H12O2.C3H8O/c1-5(7)4-6(2,3)8;1-3(2)4/h8H,4H2,1-3H3;3-4H,1-2H3. The molecule has 74 valence electrons. The van der Waals surface area contributed by atoms with E-state index in [9.17, 15) is 4.79 Å². The number of hydrogen-bond donors (Lipinski definition) is 2. The van der Waals surface area contributed by atoms with Gasteiger partial charge in [-0.25, -0.2) is 0 Å². The second-order valence-electron chi connectivity index (χ2n) is 3.78. The van der Waals surface area contributed by atoms with Crippen molar-refractivity contribution in [3.05, 3.63) is 0 Å². The molecule has 0 saturated heterocycles. The number of Topliss-reactive ketones (excluding diaryl/α,β-unsaturated/α-hetero) is 1. The maximum Gasteiger partial charge on any atom is 0.132 e. The molecule has 0 bridgehead atoms. The van der Waals surface area contributed by atoms with Crippen molar-refractivity contribution in [2.75, 3.05) is 0 Å². The quantitative estimate of drug-likeness (QED) is 0.663. The molecule has 0 spiro atoms. The van der Waals surface area contributed by atoms with Crippen LogP contribution in [0.1, 0.15) is 41.0 Å². The minimum atomic E-state index is -0.828. The molecule has 2 N–H and O–H groups in total. The van der Waals surface area contributed by atoms with Gasteiger partial charge in [0.2, 0.25) is 0 Å². The average molecular weight is 176 g/mol. The highest BCUT2D eigenvalue weighted by Gasteiger charge is 2.13. The molecule has 0 aliphatic heterocycles. The van der Waals surface area contributed by atoms with Crippen LogP contribution in [0.3, 0.4) is 0 Å². The summed E-state index contributed by atoms with van der Waals surface area (Å²) in [6.07, 6.45) is 0.0764. The van der Waals surface area contributed by atoms with Gasteiger partial charge in [0.15, 0.2) is 0 Å². The minimum absolute atomic E-state index is 0.0255. The van der Waals surface area contributed by atoms with Gasteiger partial charge < -0.3 is 10.2 Å². The third-order valence-corrected chi connectivity index (χ3v) is 0.682. The largest absolute Gasteiger partial charge is 0.394 e. The Labute approximate surface area is 74.4 Å². The van der Waals surface area contributed by atoms with Crippen molar-refractivity contribution in [1.29, 1.82) is 0 Å². The maximum atomic E-state index is 10.3. The average Bonchev–Trinajstić information content (AvgIpc) is 1.52. The highest BCUT2D eigenvalue weighted by Crippen LogP contribution is 2.06. The first kappa shape index (κ1) is 14.1. The fourth-order valence-corrected chi connectivity index (χ4v) is 0.609. The lowest BCUT2D eigenvalue weighted by Gasteiger charge is -2.13. The monoisotopic (exact) mass is 176 g/mol. The van der Waals surface area contributed by atoms with Gasteiger partial charge in [-0.1, -0.05) is 0 Å². The van der Waals surface area contributed by atoms with Gasteiger partial charge in [0.05, 0.1) is 5.60 Å². The van der Waals surface area contributed by atoms with Crippen LogP contribution >= 0.6 is 0 Å². The third kappa shape index (κ3) is 33.6. The summed E-state index contributed by atoms with van der Waals surface area (Å²) in [7, 11) is 0. The molecule has 0 aliphatic rings. The van der Waals surface area contributed by atoms with Gasteiger partial charge in [-0.05, 0) is 34.6 Å². The predicted octanol–water partition coefficient (Wildman–Crippen LogP) is 1.12. The van der Waals surface area contributed by atoms with Crippen LogP contribution in [0.25, 0.3) is 0 Å². The van der Waals surface area contributed by atoms with Crippen molar-refractivity contribution >= 4 is 5.78 Å². The predicted molar refractivity (Wildman–Crippen MR) is 49.0 cm³/mol. The topological polar surface area (TPSA) is 57.5 Å².